The number of carbonyl (C=O) groups is 1. The summed E-state index contributed by atoms with van der Waals surface area (Å²) in [4.78, 5) is 19.9. The smallest absolute Gasteiger partial charge is 0.283 e. The van der Waals surface area contributed by atoms with Crippen LogP contribution in [0.5, 0.6) is 0 Å². The van der Waals surface area contributed by atoms with Crippen molar-refractivity contribution in [3.05, 3.63) is 65.3 Å². The molecule has 2 aromatic carbocycles. The first-order chi connectivity index (χ1) is 11.7. The molecule has 0 saturated heterocycles. The molecule has 5 nitrogen and oxygen atoms in total. The molecule has 0 aliphatic carbocycles. The predicted molar refractivity (Wildman–Crippen MR) is 95.7 cm³/mol. The van der Waals surface area contributed by atoms with Crippen molar-refractivity contribution in [1.82, 2.24) is 15.4 Å². The number of aromatic nitrogens is 2. The summed E-state index contributed by atoms with van der Waals surface area (Å²) in [5, 5.41) is 2.47. The quantitative estimate of drug-likeness (QED) is 0.297. The molecule has 0 radical (unpaired) electrons. The summed E-state index contributed by atoms with van der Waals surface area (Å²) in [5.74, 6) is 4.83. The van der Waals surface area contributed by atoms with Gasteiger partial charge >= 0.3 is 0 Å². The highest BCUT2D eigenvalue weighted by atomic mass is 35.5. The summed E-state index contributed by atoms with van der Waals surface area (Å²) in [6.45, 7) is 0. The zero-order valence-electron chi connectivity index (χ0n) is 12.5. The largest absolute Gasteiger partial charge is 0.353 e. The molecule has 4 rings (SSSR count). The van der Waals surface area contributed by atoms with Gasteiger partial charge in [-0.05, 0) is 18.2 Å². The van der Waals surface area contributed by atoms with Crippen LogP contribution in [0.2, 0.25) is 5.02 Å². The molecule has 118 valence electrons. The number of nitrogens with zero attached hydrogens (tertiary/aromatic N) is 1. The predicted octanol–water partition coefficient (Wildman–Crippen LogP) is 3.64. The number of para-hydroxylation sites is 1. The molecule has 6 heteroatoms. The maximum Gasteiger partial charge on any atom is 0.283 e. The van der Waals surface area contributed by atoms with E-state index >= 15 is 0 Å². The van der Waals surface area contributed by atoms with E-state index < -0.39 is 5.91 Å². The monoisotopic (exact) mass is 336 g/mol. The number of hydrogen-bond donors (Lipinski definition) is 3. The minimum Gasteiger partial charge on any atom is -0.353 e. The van der Waals surface area contributed by atoms with Gasteiger partial charge in [0.05, 0.1) is 16.2 Å². The van der Waals surface area contributed by atoms with Crippen LogP contribution in [-0.4, -0.2) is 15.9 Å². The number of carbonyl (C=O) groups excluding carboxylic acids is 1. The molecule has 24 heavy (non-hydrogen) atoms. The molecule has 4 aromatic rings. The van der Waals surface area contributed by atoms with Gasteiger partial charge in [0.1, 0.15) is 5.69 Å². The lowest BCUT2D eigenvalue weighted by atomic mass is 10.1. The molecular formula is C18H13ClN4O. The number of nitrogens with one attached hydrogen (secondary N) is 2. The van der Waals surface area contributed by atoms with Crippen LogP contribution in [0.25, 0.3) is 33.1 Å². The first kappa shape index (κ1) is 14.7. The van der Waals surface area contributed by atoms with Crippen LogP contribution in [-0.2, 0) is 0 Å². The number of aromatic amines is 1. The van der Waals surface area contributed by atoms with Gasteiger partial charge in [-0.2, -0.15) is 0 Å². The van der Waals surface area contributed by atoms with Gasteiger partial charge in [0.2, 0.25) is 0 Å². The summed E-state index contributed by atoms with van der Waals surface area (Å²) in [6.07, 6.45) is 0. The van der Waals surface area contributed by atoms with Gasteiger partial charge in [-0.1, -0.05) is 48.0 Å². The van der Waals surface area contributed by atoms with Crippen molar-refractivity contribution < 1.29 is 4.79 Å². The number of hydrazine groups is 1. The number of nitrogens with two attached hydrogens (primary N) is 1. The van der Waals surface area contributed by atoms with Crippen molar-refractivity contribution in [3.8, 4) is 11.3 Å². The summed E-state index contributed by atoms with van der Waals surface area (Å²) >= 11 is 6.34. The van der Waals surface area contributed by atoms with E-state index in [1.54, 1.807) is 12.1 Å². The lowest BCUT2D eigenvalue weighted by Crippen LogP contribution is -2.30. The van der Waals surface area contributed by atoms with E-state index in [4.69, 9.17) is 17.4 Å². The van der Waals surface area contributed by atoms with Gasteiger partial charge < -0.3 is 4.98 Å². The van der Waals surface area contributed by atoms with E-state index in [1.165, 1.54) is 0 Å². The molecule has 0 saturated carbocycles. The Kier molecular flexibility index (Phi) is 3.45. The molecule has 0 atom stereocenters. The summed E-state index contributed by atoms with van der Waals surface area (Å²) in [7, 11) is 0. The standard InChI is InChI=1S/C18H13ClN4O/c19-13-7-3-1-6-11(13)16-17-12(9-15(22-16)18(24)23-20)10-5-2-4-8-14(10)21-17/h1-9,21H,20H2,(H,23,24). The Hall–Kier alpha value is -2.89. The number of benzene rings is 2. The van der Waals surface area contributed by atoms with Crippen LogP contribution in [0.15, 0.2) is 54.6 Å². The second-order valence-corrected chi connectivity index (χ2v) is 5.81. The second kappa shape index (κ2) is 5.63. The molecule has 0 fully saturated rings. The zero-order valence-corrected chi connectivity index (χ0v) is 13.3. The van der Waals surface area contributed by atoms with Crippen molar-refractivity contribution in [2.75, 3.05) is 0 Å². The Bertz CT molecular complexity index is 1090. The van der Waals surface area contributed by atoms with E-state index in [2.05, 4.69) is 15.4 Å². The Morgan fingerprint density at radius 1 is 1.08 bits per heavy atom. The van der Waals surface area contributed by atoms with Gasteiger partial charge in [-0.3, -0.25) is 10.2 Å². The number of pyridine rings is 1. The first-order valence-electron chi connectivity index (χ1n) is 7.36. The van der Waals surface area contributed by atoms with E-state index in [-0.39, 0.29) is 5.69 Å². The van der Waals surface area contributed by atoms with Crippen molar-refractivity contribution in [1.29, 1.82) is 0 Å². The molecule has 4 N–H and O–H groups in total. The highest BCUT2D eigenvalue weighted by Crippen LogP contribution is 2.35. The fourth-order valence-corrected chi connectivity index (χ4v) is 3.11. The average Bonchev–Trinajstić information content (AvgIpc) is 2.99. The molecule has 0 bridgehead atoms. The fourth-order valence-electron chi connectivity index (χ4n) is 2.88. The number of halogens is 1. The maximum absolute atomic E-state index is 12.0. The lowest BCUT2D eigenvalue weighted by molar-refractivity contribution is 0.0949. The van der Waals surface area contributed by atoms with Gasteiger partial charge in [0.15, 0.2) is 0 Å². The molecule has 2 heterocycles. The van der Waals surface area contributed by atoms with Crippen molar-refractivity contribution in [3.63, 3.8) is 0 Å². The average molecular weight is 337 g/mol. The van der Waals surface area contributed by atoms with Crippen LogP contribution in [0.3, 0.4) is 0 Å². The third-order valence-corrected chi connectivity index (χ3v) is 4.32. The van der Waals surface area contributed by atoms with Gasteiger partial charge in [0.25, 0.3) is 5.91 Å². The molecule has 1 amide bonds. The Morgan fingerprint density at radius 3 is 2.62 bits per heavy atom. The van der Waals surface area contributed by atoms with Gasteiger partial charge in [-0.15, -0.1) is 0 Å². The first-order valence-corrected chi connectivity index (χ1v) is 7.74. The zero-order chi connectivity index (χ0) is 16.7. The third-order valence-electron chi connectivity index (χ3n) is 3.99. The normalized spacial score (nSPS) is 11.1. The van der Waals surface area contributed by atoms with E-state index in [0.29, 0.717) is 10.7 Å². The van der Waals surface area contributed by atoms with E-state index in [0.717, 1.165) is 27.4 Å². The minimum absolute atomic E-state index is 0.240. The number of H-pyrrole nitrogens is 1. The fraction of sp³-hybridized carbons (Fsp3) is 0. The van der Waals surface area contributed by atoms with Crippen LogP contribution in [0.4, 0.5) is 0 Å². The maximum atomic E-state index is 12.0. The SMILES string of the molecule is NNC(=O)c1cc2c([nH]c3ccccc32)c(-c2ccccc2Cl)n1. The molecule has 2 aromatic heterocycles. The molecule has 0 aliphatic rings. The van der Waals surface area contributed by atoms with Crippen LogP contribution in [0.1, 0.15) is 10.5 Å². The number of amides is 1. The van der Waals surface area contributed by atoms with Crippen LogP contribution < -0.4 is 11.3 Å². The lowest BCUT2D eigenvalue weighted by Gasteiger charge is -2.08. The van der Waals surface area contributed by atoms with Crippen LogP contribution >= 0.6 is 11.6 Å². The van der Waals surface area contributed by atoms with E-state index in [1.807, 2.05) is 42.5 Å². The summed E-state index contributed by atoms with van der Waals surface area (Å²) in [6, 6.07) is 17.0. The topological polar surface area (TPSA) is 83.8 Å². The second-order valence-electron chi connectivity index (χ2n) is 5.40. The van der Waals surface area contributed by atoms with Gasteiger partial charge in [-0.25, -0.2) is 10.8 Å². The molecule has 0 spiro atoms. The number of hydrogen-bond acceptors (Lipinski definition) is 3. The molecular weight excluding hydrogens is 324 g/mol. The number of fused-ring (bicyclic) bond motifs is 3. The van der Waals surface area contributed by atoms with Crippen molar-refractivity contribution in [2.45, 2.75) is 0 Å². The number of nitrogen functional groups attached to an aromatic ring is 1. The Morgan fingerprint density at radius 2 is 1.83 bits per heavy atom. The Labute approximate surface area is 142 Å². The summed E-state index contributed by atoms with van der Waals surface area (Å²) < 4.78 is 0. The minimum atomic E-state index is -0.449. The Balaban J connectivity index is 2.14. The van der Waals surface area contributed by atoms with E-state index in [9.17, 15) is 4.79 Å². The summed E-state index contributed by atoms with van der Waals surface area (Å²) in [5.41, 5.74) is 5.54. The number of rotatable bonds is 2. The highest BCUT2D eigenvalue weighted by Gasteiger charge is 2.17. The van der Waals surface area contributed by atoms with Crippen molar-refractivity contribution >= 4 is 39.3 Å². The van der Waals surface area contributed by atoms with Crippen LogP contribution in [0, 0.1) is 0 Å². The van der Waals surface area contributed by atoms with Gasteiger partial charge in [0, 0.05) is 21.9 Å². The van der Waals surface area contributed by atoms with Crippen molar-refractivity contribution in [2.24, 2.45) is 5.84 Å². The molecule has 0 unspecified atom stereocenters. The molecule has 0 aliphatic heterocycles. The third kappa shape index (κ3) is 2.22. The highest BCUT2D eigenvalue weighted by molar-refractivity contribution is 6.33.